The smallest absolute Gasteiger partial charge is 0.407 e. The van der Waals surface area contributed by atoms with Crippen molar-refractivity contribution >= 4 is 24.0 Å². The average Bonchev–Trinajstić information content (AvgIpc) is 4.05. The Hall–Kier alpha value is -5.59. The van der Waals surface area contributed by atoms with Crippen LogP contribution in [0.15, 0.2) is 66.9 Å². The number of carbonyl (C=O) groups is 4. The van der Waals surface area contributed by atoms with E-state index in [2.05, 4.69) is 75.2 Å². The van der Waals surface area contributed by atoms with Crippen molar-refractivity contribution in [1.29, 1.82) is 0 Å². The largest absolute Gasteiger partial charge is 0.453 e. The monoisotopic (exact) mass is 751 g/mol. The van der Waals surface area contributed by atoms with Crippen LogP contribution in [0, 0.1) is 11.8 Å². The summed E-state index contributed by atoms with van der Waals surface area (Å²) in [6.07, 6.45) is 4.70. The molecule has 0 radical (unpaired) electrons. The van der Waals surface area contributed by atoms with Crippen LogP contribution in [0.25, 0.3) is 33.6 Å². The first-order chi connectivity index (χ1) is 26.5. The lowest BCUT2D eigenvalue weighted by Crippen LogP contribution is -2.51. The highest BCUT2D eigenvalue weighted by atomic mass is 16.5. The van der Waals surface area contributed by atoms with Crippen LogP contribution in [-0.2, 0) is 19.1 Å². The van der Waals surface area contributed by atoms with E-state index in [9.17, 15) is 19.2 Å². The molecule has 4 amide bonds. The van der Waals surface area contributed by atoms with Gasteiger partial charge in [-0.1, -0.05) is 82.6 Å². The summed E-state index contributed by atoms with van der Waals surface area (Å²) in [5.74, 6) is 0.378. The Morgan fingerprint density at radius 2 is 1.22 bits per heavy atom. The van der Waals surface area contributed by atoms with Crippen molar-refractivity contribution < 1.29 is 28.7 Å². The maximum Gasteiger partial charge on any atom is 0.407 e. The minimum atomic E-state index is -0.670. The lowest BCUT2D eigenvalue weighted by molar-refractivity contribution is -0.136. The Morgan fingerprint density at radius 1 is 0.709 bits per heavy atom. The van der Waals surface area contributed by atoms with Crippen LogP contribution in [0.4, 0.5) is 9.59 Å². The van der Waals surface area contributed by atoms with Gasteiger partial charge in [0.2, 0.25) is 11.8 Å². The third kappa shape index (κ3) is 8.55. The number of methoxy groups -OCH3 is 2. The van der Waals surface area contributed by atoms with Crippen molar-refractivity contribution in [1.82, 2.24) is 35.4 Å². The summed E-state index contributed by atoms with van der Waals surface area (Å²) < 4.78 is 9.56. The van der Waals surface area contributed by atoms with E-state index in [1.807, 2.05) is 49.8 Å². The standard InChI is InChI=1S/C42H53N7O6/c1-7-26(4)37(47-42(53)55-6)40(51)49-23-9-11-35(49)38-43-24-33(45-38)30-18-14-28(15-19-30)27-12-16-29(17-13-27)31-20-21-32(44-31)34-10-8-22-48(34)39(50)36(25(2)3)46-41(52)54-5/h12-21,24-26,34-37,44H,7-11,22-23H2,1-6H3,(H,43,45)(H,46,52)(H,47,53)/t26-,34-,35-,36-,37-/m0/s1. The normalized spacial score (nSPS) is 18.5. The highest BCUT2D eigenvalue weighted by Gasteiger charge is 2.39. The summed E-state index contributed by atoms with van der Waals surface area (Å²) in [6.45, 7) is 9.02. The number of alkyl carbamates (subject to hydrolysis) is 2. The van der Waals surface area contributed by atoms with E-state index >= 15 is 0 Å². The van der Waals surface area contributed by atoms with Crippen LogP contribution in [-0.4, -0.2) is 88.1 Å². The first kappa shape index (κ1) is 39.1. The Balaban J connectivity index is 1.11. The summed E-state index contributed by atoms with van der Waals surface area (Å²) in [7, 11) is 2.60. The molecule has 2 aromatic carbocycles. The minimum absolute atomic E-state index is 0.0504. The molecule has 2 fully saturated rings. The van der Waals surface area contributed by atoms with Crippen LogP contribution < -0.4 is 10.6 Å². The number of hydrogen-bond donors (Lipinski definition) is 4. The molecule has 13 heteroatoms. The fourth-order valence-corrected chi connectivity index (χ4v) is 7.71. The molecule has 0 aliphatic carbocycles. The SMILES string of the molecule is CC[C@H](C)[C@H](NC(=O)OC)C(=O)N1CCC[C@H]1c1ncc(-c2ccc(-c3ccc(-c4ccc([C@@H]5CCCN5C(=O)[C@@H](NC(=O)OC)C(C)C)[nH]4)cc3)cc2)[nH]1. The van der Waals surface area contributed by atoms with Crippen molar-refractivity contribution in [3.8, 4) is 33.6 Å². The summed E-state index contributed by atoms with van der Waals surface area (Å²) in [5, 5.41) is 5.46. The molecule has 0 bridgehead atoms. The fourth-order valence-electron chi connectivity index (χ4n) is 7.71. The number of H-pyrrole nitrogens is 2. The van der Waals surface area contributed by atoms with E-state index in [1.54, 1.807) is 0 Å². The number of aromatic nitrogens is 3. The molecule has 55 heavy (non-hydrogen) atoms. The van der Waals surface area contributed by atoms with E-state index in [1.165, 1.54) is 14.2 Å². The summed E-state index contributed by atoms with van der Waals surface area (Å²) in [5.41, 5.74) is 6.98. The molecular weight excluding hydrogens is 699 g/mol. The van der Waals surface area contributed by atoms with Crippen LogP contribution in [0.3, 0.4) is 0 Å². The van der Waals surface area contributed by atoms with Gasteiger partial charge in [0, 0.05) is 24.5 Å². The van der Waals surface area contributed by atoms with Gasteiger partial charge < -0.3 is 39.9 Å². The van der Waals surface area contributed by atoms with Gasteiger partial charge >= 0.3 is 12.2 Å². The number of amides is 4. The molecule has 0 saturated carbocycles. The maximum absolute atomic E-state index is 13.7. The molecular formula is C42H53N7O6. The molecule has 292 valence electrons. The lowest BCUT2D eigenvalue weighted by atomic mass is 9.97. The van der Waals surface area contributed by atoms with E-state index in [4.69, 9.17) is 14.5 Å². The van der Waals surface area contributed by atoms with Crippen molar-refractivity contribution in [3.05, 3.63) is 78.4 Å². The van der Waals surface area contributed by atoms with Crippen molar-refractivity contribution in [2.75, 3.05) is 27.3 Å². The molecule has 4 N–H and O–H groups in total. The van der Waals surface area contributed by atoms with E-state index in [0.29, 0.717) is 13.1 Å². The number of likely N-dealkylation sites (tertiary alicyclic amines) is 2. The van der Waals surface area contributed by atoms with Gasteiger partial charge in [0.25, 0.3) is 0 Å². The summed E-state index contributed by atoms with van der Waals surface area (Å²) in [6, 6.07) is 19.2. The zero-order valence-electron chi connectivity index (χ0n) is 32.6. The van der Waals surface area contributed by atoms with E-state index in [0.717, 1.165) is 77.3 Å². The number of nitrogens with zero attached hydrogens (tertiary/aromatic N) is 3. The first-order valence-electron chi connectivity index (χ1n) is 19.3. The molecule has 13 nitrogen and oxygen atoms in total. The van der Waals surface area contributed by atoms with Crippen molar-refractivity contribution in [2.45, 2.75) is 84.0 Å². The van der Waals surface area contributed by atoms with Gasteiger partial charge in [-0.25, -0.2) is 14.6 Å². The zero-order valence-corrected chi connectivity index (χ0v) is 32.6. The number of aromatic amines is 2. The fraction of sp³-hybridized carbons (Fsp3) is 0.452. The molecule has 0 unspecified atom stereocenters. The van der Waals surface area contributed by atoms with E-state index in [-0.39, 0.29) is 35.7 Å². The molecule has 2 saturated heterocycles. The molecule has 0 spiro atoms. The number of carbonyl (C=O) groups excluding carboxylic acids is 4. The van der Waals surface area contributed by atoms with Gasteiger partial charge in [-0.15, -0.1) is 0 Å². The van der Waals surface area contributed by atoms with Crippen molar-refractivity contribution in [2.24, 2.45) is 11.8 Å². The van der Waals surface area contributed by atoms with Crippen LogP contribution in [0.1, 0.15) is 83.4 Å². The lowest BCUT2D eigenvalue weighted by Gasteiger charge is -2.30. The number of imidazole rings is 1. The van der Waals surface area contributed by atoms with Gasteiger partial charge in [0.1, 0.15) is 17.9 Å². The molecule has 2 aromatic heterocycles. The number of benzene rings is 2. The Bertz CT molecular complexity index is 1950. The molecule has 2 aliphatic heterocycles. The van der Waals surface area contributed by atoms with Crippen molar-refractivity contribution in [3.63, 3.8) is 0 Å². The zero-order chi connectivity index (χ0) is 39.2. The predicted octanol–water partition coefficient (Wildman–Crippen LogP) is 7.22. The Labute approximate surface area is 322 Å². The second kappa shape index (κ2) is 17.3. The number of hydrogen-bond acceptors (Lipinski definition) is 7. The number of ether oxygens (including phenoxy) is 2. The molecule has 2 aliphatic rings. The third-order valence-corrected chi connectivity index (χ3v) is 11.1. The molecule has 6 rings (SSSR count). The van der Waals surface area contributed by atoms with Crippen LogP contribution in [0.5, 0.6) is 0 Å². The highest BCUT2D eigenvalue weighted by Crippen LogP contribution is 2.36. The summed E-state index contributed by atoms with van der Waals surface area (Å²) >= 11 is 0. The molecule has 4 heterocycles. The maximum atomic E-state index is 13.7. The topological polar surface area (TPSA) is 162 Å². The number of nitrogens with one attached hydrogen (secondary N) is 4. The van der Waals surface area contributed by atoms with Gasteiger partial charge in [-0.05, 0) is 71.9 Å². The van der Waals surface area contributed by atoms with Gasteiger partial charge in [0.05, 0.1) is 38.2 Å². The van der Waals surface area contributed by atoms with E-state index < -0.39 is 24.3 Å². The highest BCUT2D eigenvalue weighted by molar-refractivity contribution is 5.87. The number of rotatable bonds is 12. The average molecular weight is 752 g/mol. The van der Waals surface area contributed by atoms with Gasteiger partial charge in [-0.3, -0.25) is 9.59 Å². The minimum Gasteiger partial charge on any atom is -0.453 e. The Kier molecular flexibility index (Phi) is 12.3. The molecule has 4 aromatic rings. The summed E-state index contributed by atoms with van der Waals surface area (Å²) in [4.78, 5) is 66.6. The molecule has 5 atom stereocenters. The second-order valence-corrected chi connectivity index (χ2v) is 14.9. The second-order valence-electron chi connectivity index (χ2n) is 14.9. The quantitative estimate of drug-likeness (QED) is 0.119. The third-order valence-electron chi connectivity index (χ3n) is 11.1. The Morgan fingerprint density at radius 3 is 1.78 bits per heavy atom. The van der Waals surface area contributed by atoms with Crippen LogP contribution >= 0.6 is 0 Å². The van der Waals surface area contributed by atoms with Crippen LogP contribution in [0.2, 0.25) is 0 Å². The predicted molar refractivity (Wildman–Crippen MR) is 210 cm³/mol. The first-order valence-corrected chi connectivity index (χ1v) is 19.3. The van der Waals surface area contributed by atoms with Gasteiger partial charge in [-0.2, -0.15) is 0 Å². The van der Waals surface area contributed by atoms with Gasteiger partial charge in [0.15, 0.2) is 0 Å².